The first-order chi connectivity index (χ1) is 13.9. The van der Waals surface area contributed by atoms with Gasteiger partial charge in [0.1, 0.15) is 18.2 Å². The zero-order valence-electron chi connectivity index (χ0n) is 16.7. The normalized spacial score (nSPS) is 27.9. The Balaban J connectivity index is 1.59. The summed E-state index contributed by atoms with van der Waals surface area (Å²) in [7, 11) is 0. The molecule has 2 fully saturated rings. The van der Waals surface area contributed by atoms with Gasteiger partial charge in [-0.3, -0.25) is 19.4 Å². The van der Waals surface area contributed by atoms with Crippen molar-refractivity contribution < 1.29 is 24.2 Å². The first kappa shape index (κ1) is 21.2. The number of hydrogen-bond donors (Lipinski definition) is 3. The number of aliphatic hydroxyl groups is 1. The van der Waals surface area contributed by atoms with Crippen molar-refractivity contribution in [3.05, 3.63) is 30.1 Å². The van der Waals surface area contributed by atoms with Gasteiger partial charge in [0.25, 0.3) is 5.91 Å². The molecule has 0 aliphatic carbocycles. The number of rotatable bonds is 5. The molecule has 2 saturated heterocycles. The molecule has 1 aromatic rings. The highest BCUT2D eigenvalue weighted by Gasteiger charge is 2.39. The Morgan fingerprint density at radius 2 is 2.00 bits per heavy atom. The Bertz CT molecular complexity index is 744. The van der Waals surface area contributed by atoms with Crippen LogP contribution in [0.25, 0.3) is 0 Å². The minimum absolute atomic E-state index is 0.276. The maximum atomic E-state index is 12.9. The molecule has 0 bridgehead atoms. The standard InChI is InChI=1S/C20H28N4O5/c1-12(22-18(26)14-5-8-21-9-6-14)20(28)24-10-3-4-16(24)19(27)23-15-7-11-29-13(2)17(15)25/h5-6,8-9,12-13,15-17,25H,3-4,7,10-11H2,1-2H3,(H,22,26)(H,23,27)/t12-,13+,15+,16+,17-/m1/s1. The first-order valence-corrected chi connectivity index (χ1v) is 10.00. The lowest BCUT2D eigenvalue weighted by molar-refractivity contribution is -0.141. The molecule has 3 N–H and O–H groups in total. The van der Waals surface area contributed by atoms with Crippen molar-refractivity contribution in [1.29, 1.82) is 0 Å². The predicted molar refractivity (Wildman–Crippen MR) is 104 cm³/mol. The molecule has 0 spiro atoms. The summed E-state index contributed by atoms with van der Waals surface area (Å²) in [5, 5.41) is 15.8. The SMILES string of the molecule is C[C@@H]1OCC[C@H](NC(=O)[C@@H]2CCCN2C(=O)[C@@H](C)NC(=O)c2ccncc2)[C@@H]1O. The summed E-state index contributed by atoms with van der Waals surface area (Å²) in [5.74, 6) is -0.944. The number of aromatic nitrogens is 1. The van der Waals surface area contributed by atoms with E-state index in [1.807, 2.05) is 0 Å². The number of ether oxygens (including phenoxy) is 1. The third kappa shape index (κ3) is 4.91. The van der Waals surface area contributed by atoms with E-state index in [0.717, 1.165) is 0 Å². The van der Waals surface area contributed by atoms with E-state index in [1.165, 1.54) is 17.3 Å². The van der Waals surface area contributed by atoms with Crippen LogP contribution < -0.4 is 10.6 Å². The lowest BCUT2D eigenvalue weighted by Crippen LogP contribution is -2.57. The molecule has 0 saturated carbocycles. The zero-order chi connectivity index (χ0) is 21.0. The third-order valence-electron chi connectivity index (χ3n) is 5.53. The van der Waals surface area contributed by atoms with Gasteiger partial charge in [-0.1, -0.05) is 0 Å². The lowest BCUT2D eigenvalue weighted by atomic mass is 10.00. The van der Waals surface area contributed by atoms with Crippen molar-refractivity contribution in [3.8, 4) is 0 Å². The van der Waals surface area contributed by atoms with Crippen LogP contribution in [0.4, 0.5) is 0 Å². The smallest absolute Gasteiger partial charge is 0.252 e. The first-order valence-electron chi connectivity index (χ1n) is 10.00. The number of pyridine rings is 1. The molecule has 0 aromatic carbocycles. The van der Waals surface area contributed by atoms with Gasteiger partial charge in [-0.25, -0.2) is 0 Å². The van der Waals surface area contributed by atoms with E-state index < -0.39 is 24.2 Å². The molecule has 0 radical (unpaired) electrons. The van der Waals surface area contributed by atoms with Crippen LogP contribution in [0.15, 0.2) is 24.5 Å². The molecule has 1 aromatic heterocycles. The molecular formula is C20H28N4O5. The largest absolute Gasteiger partial charge is 0.388 e. The lowest BCUT2D eigenvalue weighted by Gasteiger charge is -2.35. The summed E-state index contributed by atoms with van der Waals surface area (Å²) in [6, 6.07) is 1.37. The topological polar surface area (TPSA) is 121 Å². The highest BCUT2D eigenvalue weighted by atomic mass is 16.5. The van der Waals surface area contributed by atoms with Crippen molar-refractivity contribution in [2.45, 2.75) is 63.4 Å². The second kappa shape index (κ2) is 9.32. The molecule has 2 aliphatic heterocycles. The fraction of sp³-hybridized carbons (Fsp3) is 0.600. The fourth-order valence-electron chi connectivity index (χ4n) is 3.81. The van der Waals surface area contributed by atoms with Crippen molar-refractivity contribution >= 4 is 17.7 Å². The van der Waals surface area contributed by atoms with Crippen LogP contribution in [-0.4, -0.2) is 76.2 Å². The quantitative estimate of drug-likeness (QED) is 0.627. The van der Waals surface area contributed by atoms with Gasteiger partial charge in [-0.15, -0.1) is 0 Å². The predicted octanol–water partition coefficient (Wildman–Crippen LogP) is -0.155. The Morgan fingerprint density at radius 1 is 1.28 bits per heavy atom. The summed E-state index contributed by atoms with van der Waals surface area (Å²) in [4.78, 5) is 43.4. The highest BCUT2D eigenvalue weighted by Crippen LogP contribution is 2.21. The maximum absolute atomic E-state index is 12.9. The second-order valence-electron chi connectivity index (χ2n) is 7.59. The molecular weight excluding hydrogens is 376 g/mol. The molecule has 5 atom stereocenters. The van der Waals surface area contributed by atoms with Crippen LogP contribution in [0, 0.1) is 0 Å². The minimum atomic E-state index is -0.781. The number of nitrogens with zero attached hydrogens (tertiary/aromatic N) is 2. The van der Waals surface area contributed by atoms with Gasteiger partial charge in [0.05, 0.1) is 12.1 Å². The third-order valence-corrected chi connectivity index (χ3v) is 5.53. The summed E-state index contributed by atoms with van der Waals surface area (Å²) < 4.78 is 5.38. The Hall–Kier alpha value is -2.52. The average Bonchev–Trinajstić information content (AvgIpc) is 3.21. The van der Waals surface area contributed by atoms with Crippen LogP contribution in [0.1, 0.15) is 43.5 Å². The van der Waals surface area contributed by atoms with Gasteiger partial charge in [0.15, 0.2) is 0 Å². The highest BCUT2D eigenvalue weighted by molar-refractivity contribution is 5.98. The van der Waals surface area contributed by atoms with Crippen LogP contribution in [0.3, 0.4) is 0 Å². The molecule has 158 valence electrons. The van der Waals surface area contributed by atoms with Crippen LogP contribution in [0.2, 0.25) is 0 Å². The summed E-state index contributed by atoms with van der Waals surface area (Å²) in [6.45, 7) is 4.30. The number of carbonyl (C=O) groups excluding carboxylic acids is 3. The Morgan fingerprint density at radius 3 is 2.72 bits per heavy atom. The van der Waals surface area contributed by atoms with E-state index in [1.54, 1.807) is 26.0 Å². The number of nitrogens with one attached hydrogen (secondary N) is 2. The maximum Gasteiger partial charge on any atom is 0.252 e. The van der Waals surface area contributed by atoms with Gasteiger partial charge in [-0.05, 0) is 45.2 Å². The Labute approximate surface area is 169 Å². The molecule has 3 rings (SSSR count). The van der Waals surface area contributed by atoms with Crippen LogP contribution in [-0.2, 0) is 14.3 Å². The van der Waals surface area contributed by atoms with E-state index in [9.17, 15) is 19.5 Å². The van der Waals surface area contributed by atoms with Crippen molar-refractivity contribution in [2.75, 3.05) is 13.2 Å². The van der Waals surface area contributed by atoms with Gasteiger partial charge in [0, 0.05) is 31.1 Å². The minimum Gasteiger partial charge on any atom is -0.388 e. The van der Waals surface area contributed by atoms with Crippen LogP contribution in [0.5, 0.6) is 0 Å². The van der Waals surface area contributed by atoms with Crippen molar-refractivity contribution in [1.82, 2.24) is 20.5 Å². The van der Waals surface area contributed by atoms with Crippen LogP contribution >= 0.6 is 0 Å². The second-order valence-corrected chi connectivity index (χ2v) is 7.59. The monoisotopic (exact) mass is 404 g/mol. The van der Waals surface area contributed by atoms with Gasteiger partial charge < -0.3 is 25.4 Å². The van der Waals surface area contributed by atoms with Gasteiger partial charge in [0.2, 0.25) is 11.8 Å². The molecule has 2 aliphatic rings. The fourth-order valence-corrected chi connectivity index (χ4v) is 3.81. The number of amides is 3. The molecule has 29 heavy (non-hydrogen) atoms. The Kier molecular flexibility index (Phi) is 6.81. The number of carbonyl (C=O) groups is 3. The number of aliphatic hydroxyl groups excluding tert-OH is 1. The number of hydrogen-bond acceptors (Lipinski definition) is 6. The molecule has 0 unspecified atom stereocenters. The zero-order valence-corrected chi connectivity index (χ0v) is 16.7. The summed E-state index contributed by atoms with van der Waals surface area (Å²) in [5.41, 5.74) is 0.415. The average molecular weight is 404 g/mol. The van der Waals surface area contributed by atoms with E-state index >= 15 is 0 Å². The van der Waals surface area contributed by atoms with Gasteiger partial charge in [-0.2, -0.15) is 0 Å². The van der Waals surface area contributed by atoms with E-state index in [4.69, 9.17) is 4.74 Å². The molecule has 9 nitrogen and oxygen atoms in total. The summed E-state index contributed by atoms with van der Waals surface area (Å²) >= 11 is 0. The van der Waals surface area contributed by atoms with E-state index in [-0.39, 0.29) is 23.8 Å². The van der Waals surface area contributed by atoms with E-state index in [0.29, 0.717) is 38.0 Å². The number of likely N-dealkylation sites (tertiary alicyclic amines) is 1. The van der Waals surface area contributed by atoms with E-state index in [2.05, 4.69) is 15.6 Å². The van der Waals surface area contributed by atoms with Crippen molar-refractivity contribution in [2.24, 2.45) is 0 Å². The van der Waals surface area contributed by atoms with Gasteiger partial charge >= 0.3 is 0 Å². The molecule has 3 amide bonds. The molecule has 3 heterocycles. The van der Waals surface area contributed by atoms with Crippen molar-refractivity contribution in [3.63, 3.8) is 0 Å². The molecule has 9 heteroatoms. The summed E-state index contributed by atoms with van der Waals surface area (Å²) in [6.07, 6.45) is 3.67.